The smallest absolute Gasteiger partial charge is 0.130 e. The van der Waals surface area contributed by atoms with E-state index < -0.39 is 0 Å². The van der Waals surface area contributed by atoms with Gasteiger partial charge in [-0.3, -0.25) is 0 Å². The van der Waals surface area contributed by atoms with Gasteiger partial charge < -0.3 is 0 Å². The Balaban J connectivity index is 2.33. The predicted molar refractivity (Wildman–Crippen MR) is 61.1 cm³/mol. The Hall–Kier alpha value is -0.450. The Morgan fingerprint density at radius 2 is 1.79 bits per heavy atom. The van der Waals surface area contributed by atoms with Crippen LogP contribution in [0.5, 0.6) is 0 Å². The summed E-state index contributed by atoms with van der Waals surface area (Å²) in [6.07, 6.45) is 0. The zero-order valence-corrected chi connectivity index (χ0v) is 9.42. The van der Waals surface area contributed by atoms with Gasteiger partial charge in [0.05, 0.1) is 16.1 Å². The van der Waals surface area contributed by atoms with E-state index in [2.05, 4.69) is 9.97 Å². The van der Waals surface area contributed by atoms with Gasteiger partial charge in [0.2, 0.25) is 0 Å². The molecule has 0 aliphatic carbocycles. The van der Waals surface area contributed by atoms with Crippen molar-refractivity contribution in [1.29, 1.82) is 0 Å². The van der Waals surface area contributed by atoms with E-state index in [0.717, 1.165) is 26.2 Å². The summed E-state index contributed by atoms with van der Waals surface area (Å²) in [7, 11) is 0. The van der Waals surface area contributed by atoms with Gasteiger partial charge >= 0.3 is 0 Å². The topological polar surface area (TPSA) is 25.8 Å². The highest BCUT2D eigenvalue weighted by Crippen LogP contribution is 2.39. The molecule has 0 saturated heterocycles. The van der Waals surface area contributed by atoms with Gasteiger partial charge in [0.1, 0.15) is 10.1 Å². The van der Waals surface area contributed by atoms with Crippen LogP contribution >= 0.6 is 35.1 Å². The monoisotopic (exact) mass is 240 g/mol. The quantitative estimate of drug-likeness (QED) is 0.705. The van der Waals surface area contributed by atoms with Gasteiger partial charge in [0.15, 0.2) is 0 Å². The highest BCUT2D eigenvalue weighted by molar-refractivity contribution is 8.18. The van der Waals surface area contributed by atoms with Crippen LogP contribution in [0.2, 0.25) is 5.02 Å². The Morgan fingerprint density at radius 1 is 1.07 bits per heavy atom. The van der Waals surface area contributed by atoms with Crippen LogP contribution in [0.3, 0.4) is 0 Å². The average molecular weight is 241 g/mol. The Labute approximate surface area is 94.5 Å². The summed E-state index contributed by atoms with van der Waals surface area (Å²) in [5.41, 5.74) is 1.80. The highest BCUT2D eigenvalue weighted by atomic mass is 35.5. The maximum absolute atomic E-state index is 5.89. The van der Waals surface area contributed by atoms with Crippen molar-refractivity contribution < 1.29 is 0 Å². The average Bonchev–Trinajstić information content (AvgIpc) is 2.61. The van der Waals surface area contributed by atoms with Crippen molar-refractivity contribution in [2.24, 2.45) is 0 Å². The fourth-order valence-corrected chi connectivity index (χ4v) is 3.64. The van der Waals surface area contributed by atoms with Gasteiger partial charge in [0, 0.05) is 5.02 Å². The Bertz CT molecular complexity index is 515. The molecule has 0 bridgehead atoms. The third kappa shape index (κ3) is 1.38. The van der Waals surface area contributed by atoms with Gasteiger partial charge in [-0.1, -0.05) is 35.1 Å². The van der Waals surface area contributed by atoms with E-state index in [4.69, 9.17) is 11.6 Å². The van der Waals surface area contributed by atoms with Crippen LogP contribution in [0.15, 0.2) is 28.3 Å². The molecule has 0 spiro atoms. The lowest BCUT2D eigenvalue weighted by Gasteiger charge is -2.00. The number of benzene rings is 1. The van der Waals surface area contributed by atoms with Crippen LogP contribution in [0.25, 0.3) is 11.0 Å². The molecule has 2 aromatic rings. The first-order valence-electron chi connectivity index (χ1n) is 4.06. The van der Waals surface area contributed by atoms with E-state index in [0.29, 0.717) is 5.02 Å². The Kier molecular flexibility index (Phi) is 2.08. The maximum atomic E-state index is 5.89. The molecule has 0 amide bonds. The van der Waals surface area contributed by atoms with Gasteiger partial charge in [-0.15, -0.1) is 0 Å². The van der Waals surface area contributed by atoms with E-state index in [1.54, 1.807) is 23.5 Å². The molecule has 3 rings (SSSR count). The van der Waals surface area contributed by atoms with Crippen LogP contribution in [0.4, 0.5) is 0 Å². The number of nitrogens with zero attached hydrogens (tertiary/aromatic N) is 2. The molecule has 1 aliphatic heterocycles. The summed E-state index contributed by atoms with van der Waals surface area (Å²) < 4.78 is 0. The second-order valence-electron chi connectivity index (χ2n) is 2.87. The summed E-state index contributed by atoms with van der Waals surface area (Å²) >= 11 is 9.37. The van der Waals surface area contributed by atoms with Crippen molar-refractivity contribution >= 4 is 46.2 Å². The molecular weight excluding hydrogens is 236 g/mol. The second kappa shape index (κ2) is 3.29. The van der Waals surface area contributed by atoms with Crippen LogP contribution in [-0.4, -0.2) is 15.1 Å². The SMILES string of the molecule is Clc1ccc2nc3c(nc2c1)SCS3. The van der Waals surface area contributed by atoms with E-state index >= 15 is 0 Å². The molecule has 0 atom stereocenters. The van der Waals surface area contributed by atoms with Crippen molar-refractivity contribution in [3.63, 3.8) is 0 Å². The molecule has 1 aromatic heterocycles. The molecule has 2 nitrogen and oxygen atoms in total. The third-order valence-corrected chi connectivity index (χ3v) is 4.38. The van der Waals surface area contributed by atoms with Gasteiger partial charge in [-0.25, -0.2) is 9.97 Å². The number of halogens is 1. The minimum atomic E-state index is 0.711. The molecule has 0 unspecified atom stereocenters. The van der Waals surface area contributed by atoms with Crippen LogP contribution in [0.1, 0.15) is 0 Å². The van der Waals surface area contributed by atoms with E-state index in [-0.39, 0.29) is 0 Å². The predicted octanol–water partition coefficient (Wildman–Crippen LogP) is 3.44. The minimum Gasteiger partial charge on any atom is -0.237 e. The van der Waals surface area contributed by atoms with E-state index in [9.17, 15) is 0 Å². The van der Waals surface area contributed by atoms with Crippen LogP contribution in [0, 0.1) is 0 Å². The van der Waals surface area contributed by atoms with E-state index in [1.807, 2.05) is 18.2 Å². The van der Waals surface area contributed by atoms with Crippen molar-refractivity contribution in [2.45, 2.75) is 10.1 Å². The highest BCUT2D eigenvalue weighted by Gasteiger charge is 2.16. The Morgan fingerprint density at radius 3 is 2.57 bits per heavy atom. The van der Waals surface area contributed by atoms with Crippen molar-refractivity contribution in [2.75, 3.05) is 5.08 Å². The molecule has 2 heterocycles. The summed E-state index contributed by atoms with van der Waals surface area (Å²) in [6.45, 7) is 0. The molecule has 0 fully saturated rings. The molecular formula is C9H5ClN2S2. The normalized spacial score (nSPS) is 14.6. The number of hydrogen-bond donors (Lipinski definition) is 0. The largest absolute Gasteiger partial charge is 0.237 e. The number of aromatic nitrogens is 2. The number of rotatable bonds is 0. The lowest BCUT2D eigenvalue weighted by molar-refractivity contribution is 0.981. The lowest BCUT2D eigenvalue weighted by Crippen LogP contribution is -1.87. The molecule has 1 aliphatic rings. The maximum Gasteiger partial charge on any atom is 0.130 e. The number of hydrogen-bond acceptors (Lipinski definition) is 4. The minimum absolute atomic E-state index is 0.711. The van der Waals surface area contributed by atoms with Crippen molar-refractivity contribution in [3.8, 4) is 0 Å². The first-order chi connectivity index (χ1) is 6.83. The second-order valence-corrected chi connectivity index (χ2v) is 5.60. The third-order valence-electron chi connectivity index (χ3n) is 1.96. The van der Waals surface area contributed by atoms with Crippen LogP contribution < -0.4 is 0 Å². The molecule has 5 heteroatoms. The zero-order valence-electron chi connectivity index (χ0n) is 7.03. The van der Waals surface area contributed by atoms with Gasteiger partial charge in [-0.2, -0.15) is 0 Å². The molecule has 1 aromatic carbocycles. The summed E-state index contributed by atoms with van der Waals surface area (Å²) in [5.74, 6) is 0. The van der Waals surface area contributed by atoms with Crippen molar-refractivity contribution in [3.05, 3.63) is 23.2 Å². The molecule has 0 N–H and O–H groups in total. The van der Waals surface area contributed by atoms with Crippen molar-refractivity contribution in [1.82, 2.24) is 9.97 Å². The van der Waals surface area contributed by atoms with Gasteiger partial charge in [-0.05, 0) is 18.2 Å². The number of fused-ring (bicyclic) bond motifs is 2. The summed E-state index contributed by atoms with van der Waals surface area (Å²) in [4.78, 5) is 9.03. The summed E-state index contributed by atoms with van der Waals surface area (Å²) in [5, 5.41) is 3.80. The fourth-order valence-electron chi connectivity index (χ4n) is 1.32. The molecule has 70 valence electrons. The standard InChI is InChI=1S/C9H5ClN2S2/c10-5-1-2-6-7(3-5)12-9-8(11-6)13-4-14-9/h1-3H,4H2. The molecule has 14 heavy (non-hydrogen) atoms. The first-order valence-corrected chi connectivity index (χ1v) is 6.41. The van der Waals surface area contributed by atoms with Crippen LogP contribution in [-0.2, 0) is 0 Å². The fraction of sp³-hybridized carbons (Fsp3) is 0.111. The van der Waals surface area contributed by atoms with Gasteiger partial charge in [0.25, 0.3) is 0 Å². The first kappa shape index (κ1) is 8.83. The zero-order chi connectivity index (χ0) is 9.54. The summed E-state index contributed by atoms with van der Waals surface area (Å²) in [6, 6.07) is 5.61. The number of thioether (sulfide) groups is 2. The lowest BCUT2D eigenvalue weighted by atomic mass is 10.3. The molecule has 0 radical (unpaired) electrons. The molecule has 0 saturated carbocycles. The van der Waals surface area contributed by atoms with E-state index in [1.165, 1.54) is 0 Å².